The predicted octanol–water partition coefficient (Wildman–Crippen LogP) is 2.11. The third kappa shape index (κ3) is 3.85. The number of piperazine rings is 1. The highest BCUT2D eigenvalue weighted by Crippen LogP contribution is 2.28. The summed E-state index contributed by atoms with van der Waals surface area (Å²) in [6.45, 7) is 6.54. The number of hydrogen-bond donors (Lipinski definition) is 2. The predicted molar refractivity (Wildman–Crippen MR) is 119 cm³/mol. The van der Waals surface area contributed by atoms with Gasteiger partial charge in [0.1, 0.15) is 0 Å². The zero-order chi connectivity index (χ0) is 21.3. The molecular formula is C19H29N7O3S. The van der Waals surface area contributed by atoms with Crippen molar-refractivity contribution >= 4 is 21.7 Å². The molecule has 0 amide bonds. The number of sulfone groups is 1. The zero-order valence-electron chi connectivity index (χ0n) is 16.7. The Hall–Kier alpha value is -3.05. The molecule has 3 N–H and O–H groups in total. The first-order valence-electron chi connectivity index (χ1n) is 9.62. The Bertz CT molecular complexity index is 1150. The van der Waals surface area contributed by atoms with Crippen LogP contribution < -0.4 is 16.0 Å². The van der Waals surface area contributed by atoms with Crippen molar-refractivity contribution in [3.05, 3.63) is 30.5 Å². The standard InChI is InChI=1S/C19H23N7O3S.3H2/c1-12(2)30(27,28)14-5-3-13(4-6-14)15-11-22-17(20)16(23-15)18-24-25-19(29-18)26-9-7-21-8-10-26;;;/h3-6,11-12,21H,7-10H2,1-2H3,(H2,20,22);3*1H. The molecule has 0 bridgehead atoms. The van der Waals surface area contributed by atoms with Gasteiger partial charge >= 0.3 is 6.01 Å². The molecule has 0 radical (unpaired) electrons. The minimum atomic E-state index is -3.34. The van der Waals surface area contributed by atoms with Gasteiger partial charge in [-0.05, 0) is 26.0 Å². The number of anilines is 2. The zero-order valence-corrected chi connectivity index (χ0v) is 17.6. The lowest BCUT2D eigenvalue weighted by Gasteiger charge is -2.24. The summed E-state index contributed by atoms with van der Waals surface area (Å²) >= 11 is 0. The maximum absolute atomic E-state index is 12.3. The van der Waals surface area contributed by atoms with Crippen LogP contribution in [0.3, 0.4) is 0 Å². The molecule has 0 spiro atoms. The Kier molecular flexibility index (Phi) is 5.39. The Morgan fingerprint density at radius 1 is 1.17 bits per heavy atom. The van der Waals surface area contributed by atoms with E-state index in [1.165, 1.54) is 6.20 Å². The van der Waals surface area contributed by atoms with E-state index in [1.807, 2.05) is 4.90 Å². The van der Waals surface area contributed by atoms with Crippen LogP contribution in [0.15, 0.2) is 39.8 Å². The summed E-state index contributed by atoms with van der Waals surface area (Å²) in [6.07, 6.45) is 1.53. The van der Waals surface area contributed by atoms with Gasteiger partial charge in [0.25, 0.3) is 5.89 Å². The number of benzene rings is 1. The molecule has 1 saturated heterocycles. The fraction of sp³-hybridized carbons (Fsp3) is 0.368. The van der Waals surface area contributed by atoms with Crippen LogP contribution in [0.1, 0.15) is 18.1 Å². The quantitative estimate of drug-likeness (QED) is 0.612. The molecule has 4 rings (SSSR count). The van der Waals surface area contributed by atoms with E-state index in [4.69, 9.17) is 10.2 Å². The van der Waals surface area contributed by atoms with Crippen LogP contribution >= 0.6 is 0 Å². The summed E-state index contributed by atoms with van der Waals surface area (Å²) in [4.78, 5) is 11.0. The van der Waals surface area contributed by atoms with Gasteiger partial charge < -0.3 is 20.4 Å². The van der Waals surface area contributed by atoms with Gasteiger partial charge in [0.2, 0.25) is 0 Å². The molecule has 0 unspecified atom stereocenters. The van der Waals surface area contributed by atoms with Gasteiger partial charge in [-0.2, -0.15) is 0 Å². The summed E-state index contributed by atoms with van der Waals surface area (Å²) in [6, 6.07) is 6.94. The number of nitrogens with two attached hydrogens (primary N) is 1. The van der Waals surface area contributed by atoms with Crippen LogP contribution in [-0.2, 0) is 9.84 Å². The fourth-order valence-corrected chi connectivity index (χ4v) is 4.14. The molecule has 1 aromatic carbocycles. The van der Waals surface area contributed by atoms with E-state index < -0.39 is 15.1 Å². The van der Waals surface area contributed by atoms with Crippen molar-refractivity contribution in [2.45, 2.75) is 24.0 Å². The van der Waals surface area contributed by atoms with Gasteiger partial charge in [0.15, 0.2) is 21.3 Å². The van der Waals surface area contributed by atoms with Crippen molar-refractivity contribution in [2.24, 2.45) is 0 Å². The van der Waals surface area contributed by atoms with Gasteiger partial charge in [0.05, 0.1) is 22.0 Å². The molecule has 3 aromatic rings. The van der Waals surface area contributed by atoms with E-state index in [0.717, 1.165) is 26.2 Å². The maximum atomic E-state index is 12.3. The lowest BCUT2D eigenvalue weighted by Crippen LogP contribution is -2.43. The van der Waals surface area contributed by atoms with Crippen LogP contribution in [0.4, 0.5) is 11.8 Å². The number of rotatable bonds is 5. The Morgan fingerprint density at radius 2 is 1.87 bits per heavy atom. The third-order valence-electron chi connectivity index (χ3n) is 4.90. The lowest BCUT2D eigenvalue weighted by atomic mass is 10.1. The molecule has 0 saturated carbocycles. The first-order valence-corrected chi connectivity index (χ1v) is 11.2. The van der Waals surface area contributed by atoms with Crippen LogP contribution in [0.2, 0.25) is 0 Å². The average molecular weight is 436 g/mol. The number of hydrogen-bond acceptors (Lipinski definition) is 10. The Labute approximate surface area is 178 Å². The molecule has 0 aliphatic carbocycles. The lowest BCUT2D eigenvalue weighted by molar-refractivity contribution is 0.504. The molecule has 3 heterocycles. The van der Waals surface area contributed by atoms with Crippen molar-refractivity contribution in [1.82, 2.24) is 25.5 Å². The molecule has 1 aliphatic heterocycles. The summed E-state index contributed by atoms with van der Waals surface area (Å²) in [5.41, 5.74) is 7.51. The number of nitrogens with one attached hydrogen (secondary N) is 1. The molecule has 11 heteroatoms. The average Bonchev–Trinajstić information content (AvgIpc) is 3.25. The van der Waals surface area contributed by atoms with E-state index in [1.54, 1.807) is 38.1 Å². The van der Waals surface area contributed by atoms with Gasteiger partial charge in [-0.25, -0.2) is 18.4 Å². The Balaban J connectivity index is 0.00000181. The first kappa shape index (κ1) is 20.2. The molecule has 30 heavy (non-hydrogen) atoms. The van der Waals surface area contributed by atoms with Gasteiger partial charge in [-0.1, -0.05) is 17.2 Å². The van der Waals surface area contributed by atoms with E-state index >= 15 is 0 Å². The molecule has 1 aliphatic rings. The highest BCUT2D eigenvalue weighted by atomic mass is 32.2. The minimum Gasteiger partial charge on any atom is -0.401 e. The summed E-state index contributed by atoms with van der Waals surface area (Å²) in [7, 11) is -3.34. The van der Waals surface area contributed by atoms with Crippen LogP contribution in [0.5, 0.6) is 0 Å². The highest BCUT2D eigenvalue weighted by molar-refractivity contribution is 7.92. The van der Waals surface area contributed by atoms with Crippen molar-refractivity contribution in [3.8, 4) is 22.8 Å². The SMILES string of the molecule is CC(C)S(=O)(=O)c1ccc(-c2cnc(N)c(-c3nnc(N4CCNCC4)o3)n2)cc1.[HH].[HH].[HH]. The molecule has 2 aromatic heterocycles. The molecule has 1 fully saturated rings. The second-order valence-corrected chi connectivity index (χ2v) is 9.74. The van der Waals surface area contributed by atoms with E-state index in [0.29, 0.717) is 23.0 Å². The number of nitrogen functional groups attached to an aromatic ring is 1. The van der Waals surface area contributed by atoms with Crippen LogP contribution in [-0.4, -0.2) is 60.0 Å². The monoisotopic (exact) mass is 435 g/mol. The summed E-state index contributed by atoms with van der Waals surface area (Å²) < 4.78 is 30.4. The number of nitrogens with zero attached hydrogens (tertiary/aromatic N) is 5. The van der Waals surface area contributed by atoms with Gasteiger partial charge in [-0.15, -0.1) is 5.10 Å². The molecule has 10 nitrogen and oxygen atoms in total. The van der Waals surface area contributed by atoms with Crippen molar-refractivity contribution in [3.63, 3.8) is 0 Å². The van der Waals surface area contributed by atoms with Crippen molar-refractivity contribution in [2.75, 3.05) is 36.8 Å². The normalized spacial score (nSPS) is 15.0. The van der Waals surface area contributed by atoms with Crippen LogP contribution in [0, 0.1) is 0 Å². The summed E-state index contributed by atoms with van der Waals surface area (Å²) in [5.74, 6) is 0.364. The second-order valence-electron chi connectivity index (χ2n) is 7.23. The fourth-order valence-electron chi connectivity index (χ4n) is 3.08. The smallest absolute Gasteiger partial charge is 0.318 e. The topological polar surface area (TPSA) is 140 Å². The first-order chi connectivity index (χ1) is 14.4. The third-order valence-corrected chi connectivity index (χ3v) is 7.07. The Morgan fingerprint density at radius 3 is 2.53 bits per heavy atom. The van der Waals surface area contributed by atoms with E-state index in [2.05, 4.69) is 25.5 Å². The second kappa shape index (κ2) is 8.00. The number of aromatic nitrogens is 4. The minimum absolute atomic E-state index is 0. The highest BCUT2D eigenvalue weighted by Gasteiger charge is 2.21. The van der Waals surface area contributed by atoms with Gasteiger partial charge in [0, 0.05) is 36.0 Å². The molecular weight excluding hydrogens is 406 g/mol. The largest absolute Gasteiger partial charge is 0.401 e. The molecule has 0 atom stereocenters. The molecule has 164 valence electrons. The van der Waals surface area contributed by atoms with E-state index in [-0.39, 0.29) is 20.9 Å². The van der Waals surface area contributed by atoms with Crippen LogP contribution in [0.25, 0.3) is 22.8 Å². The maximum Gasteiger partial charge on any atom is 0.318 e. The summed E-state index contributed by atoms with van der Waals surface area (Å²) in [5, 5.41) is 11.0. The van der Waals surface area contributed by atoms with Crippen molar-refractivity contribution < 1.29 is 17.1 Å². The van der Waals surface area contributed by atoms with Gasteiger partial charge in [-0.3, -0.25) is 0 Å². The van der Waals surface area contributed by atoms with Crippen molar-refractivity contribution in [1.29, 1.82) is 0 Å². The van der Waals surface area contributed by atoms with E-state index in [9.17, 15) is 8.42 Å².